The molecule has 19 heavy (non-hydrogen) atoms. The summed E-state index contributed by atoms with van der Waals surface area (Å²) < 4.78 is 5.31. The third kappa shape index (κ3) is 2.37. The van der Waals surface area contributed by atoms with Crippen molar-refractivity contribution < 1.29 is 9.53 Å². The Balaban J connectivity index is 2.81. The van der Waals surface area contributed by atoms with Crippen molar-refractivity contribution in [1.82, 2.24) is 10.4 Å². The van der Waals surface area contributed by atoms with Crippen molar-refractivity contribution in [3.05, 3.63) is 35.5 Å². The summed E-state index contributed by atoms with van der Waals surface area (Å²) in [6, 6.07) is 7.25. The Hall–Kier alpha value is -2.14. The Morgan fingerprint density at radius 3 is 2.74 bits per heavy atom. The first-order chi connectivity index (χ1) is 9.08. The maximum Gasteiger partial charge on any atom is 0.265 e. The highest BCUT2D eigenvalue weighted by Crippen LogP contribution is 2.28. The molecule has 1 aromatic carbocycles. The van der Waals surface area contributed by atoms with E-state index in [0.717, 1.165) is 11.1 Å². The first-order valence-corrected chi connectivity index (χ1v) is 6.07. The van der Waals surface area contributed by atoms with Crippen LogP contribution in [0.15, 0.2) is 24.3 Å². The Bertz CT molecular complexity index is 623. The molecular weight excluding hydrogens is 242 g/mol. The number of nitrogens with two attached hydrogens (primary N) is 1. The van der Waals surface area contributed by atoms with Crippen molar-refractivity contribution in [2.45, 2.75) is 19.8 Å². The van der Waals surface area contributed by atoms with E-state index in [2.05, 4.69) is 10.4 Å². The molecule has 0 aliphatic carbocycles. The average molecular weight is 259 g/mol. The predicted octanol–water partition coefficient (Wildman–Crippen LogP) is 1.97. The van der Waals surface area contributed by atoms with Crippen molar-refractivity contribution >= 4 is 16.8 Å². The maximum atomic E-state index is 11.9. The molecule has 0 fully saturated rings. The quantitative estimate of drug-likeness (QED) is 0.502. The van der Waals surface area contributed by atoms with Crippen LogP contribution in [0.3, 0.4) is 0 Å². The van der Waals surface area contributed by atoms with Crippen LogP contribution in [0.1, 0.15) is 35.8 Å². The summed E-state index contributed by atoms with van der Waals surface area (Å²) in [5, 5.41) is 0.728. The first-order valence-electron chi connectivity index (χ1n) is 6.07. The van der Waals surface area contributed by atoms with Crippen LogP contribution in [0.2, 0.25) is 0 Å². The van der Waals surface area contributed by atoms with Gasteiger partial charge in [0.2, 0.25) is 0 Å². The number of fused-ring (bicyclic) bond motifs is 1. The van der Waals surface area contributed by atoms with Crippen LogP contribution in [0.25, 0.3) is 10.9 Å². The number of methoxy groups -OCH3 is 1. The SMILES string of the molecule is COc1cccc2c(C(=O)NN)cc(C(C)C)nc12. The highest BCUT2D eigenvalue weighted by molar-refractivity contribution is 6.07. The monoisotopic (exact) mass is 259 g/mol. The largest absolute Gasteiger partial charge is 0.494 e. The van der Waals surface area contributed by atoms with E-state index >= 15 is 0 Å². The molecule has 0 radical (unpaired) electrons. The Labute approximate surface area is 111 Å². The molecule has 5 nitrogen and oxygen atoms in total. The van der Waals surface area contributed by atoms with Gasteiger partial charge in [-0.2, -0.15) is 0 Å². The summed E-state index contributed by atoms with van der Waals surface area (Å²) in [5.41, 5.74) is 4.18. The van der Waals surface area contributed by atoms with Crippen LogP contribution in [-0.4, -0.2) is 18.0 Å². The van der Waals surface area contributed by atoms with Gasteiger partial charge in [-0.15, -0.1) is 0 Å². The summed E-state index contributed by atoms with van der Waals surface area (Å²) in [7, 11) is 1.58. The molecule has 0 spiro atoms. The molecule has 3 N–H and O–H groups in total. The lowest BCUT2D eigenvalue weighted by Gasteiger charge is -2.12. The molecule has 0 aliphatic heterocycles. The molecule has 1 heterocycles. The zero-order valence-electron chi connectivity index (χ0n) is 11.2. The van der Waals surface area contributed by atoms with Gasteiger partial charge in [0.1, 0.15) is 11.3 Å². The van der Waals surface area contributed by atoms with Gasteiger partial charge in [0, 0.05) is 11.1 Å². The summed E-state index contributed by atoms with van der Waals surface area (Å²) >= 11 is 0. The van der Waals surface area contributed by atoms with E-state index in [0.29, 0.717) is 16.8 Å². The molecule has 2 rings (SSSR count). The second kappa shape index (κ2) is 5.24. The van der Waals surface area contributed by atoms with Crippen LogP contribution < -0.4 is 16.0 Å². The number of amides is 1. The smallest absolute Gasteiger partial charge is 0.265 e. The van der Waals surface area contributed by atoms with E-state index in [4.69, 9.17) is 10.6 Å². The molecule has 0 bridgehead atoms. The number of benzene rings is 1. The standard InChI is InChI=1S/C14H17N3O2/c1-8(2)11-7-10(14(18)17-15)9-5-4-6-12(19-3)13(9)16-11/h4-8H,15H2,1-3H3,(H,17,18). The van der Waals surface area contributed by atoms with Gasteiger partial charge in [0.05, 0.1) is 12.7 Å². The number of para-hydroxylation sites is 1. The van der Waals surface area contributed by atoms with Crippen LogP contribution in [0.5, 0.6) is 5.75 Å². The normalized spacial score (nSPS) is 10.8. The fourth-order valence-electron chi connectivity index (χ4n) is 1.97. The Morgan fingerprint density at radius 1 is 1.42 bits per heavy atom. The highest BCUT2D eigenvalue weighted by Gasteiger charge is 2.15. The van der Waals surface area contributed by atoms with E-state index in [1.165, 1.54) is 0 Å². The molecule has 2 aromatic rings. The minimum atomic E-state index is -0.331. The second-order valence-corrected chi connectivity index (χ2v) is 4.58. The zero-order valence-corrected chi connectivity index (χ0v) is 11.2. The summed E-state index contributed by atoms with van der Waals surface area (Å²) in [6.07, 6.45) is 0. The van der Waals surface area contributed by atoms with Crippen molar-refractivity contribution in [2.75, 3.05) is 7.11 Å². The number of ether oxygens (including phenoxy) is 1. The maximum absolute atomic E-state index is 11.9. The van der Waals surface area contributed by atoms with Crippen molar-refractivity contribution in [1.29, 1.82) is 0 Å². The molecule has 0 aliphatic rings. The van der Waals surface area contributed by atoms with Crippen LogP contribution in [0, 0.1) is 0 Å². The summed E-state index contributed by atoms with van der Waals surface area (Å²) in [4.78, 5) is 16.5. The molecule has 5 heteroatoms. The van der Waals surface area contributed by atoms with Gasteiger partial charge in [0.15, 0.2) is 0 Å². The first kappa shape index (κ1) is 13.3. The number of pyridine rings is 1. The highest BCUT2D eigenvalue weighted by atomic mass is 16.5. The number of rotatable bonds is 3. The van der Waals surface area contributed by atoms with Gasteiger partial charge < -0.3 is 4.74 Å². The van der Waals surface area contributed by atoms with Crippen LogP contribution >= 0.6 is 0 Å². The van der Waals surface area contributed by atoms with Gasteiger partial charge >= 0.3 is 0 Å². The number of carbonyl (C=O) groups is 1. The van der Waals surface area contributed by atoms with E-state index in [9.17, 15) is 4.79 Å². The topological polar surface area (TPSA) is 77.2 Å². The number of nitrogens with one attached hydrogen (secondary N) is 1. The zero-order chi connectivity index (χ0) is 14.0. The van der Waals surface area contributed by atoms with E-state index in [1.54, 1.807) is 13.2 Å². The molecule has 100 valence electrons. The van der Waals surface area contributed by atoms with Crippen LogP contribution in [-0.2, 0) is 0 Å². The van der Waals surface area contributed by atoms with Crippen molar-refractivity contribution in [2.24, 2.45) is 5.84 Å². The number of nitrogen functional groups attached to an aromatic ring is 1. The fourth-order valence-corrected chi connectivity index (χ4v) is 1.97. The number of aromatic nitrogens is 1. The third-order valence-electron chi connectivity index (χ3n) is 3.01. The van der Waals surface area contributed by atoms with Crippen LogP contribution in [0.4, 0.5) is 0 Å². The molecule has 0 atom stereocenters. The Morgan fingerprint density at radius 2 is 2.16 bits per heavy atom. The summed E-state index contributed by atoms with van der Waals surface area (Å²) in [5.74, 6) is 5.76. The van der Waals surface area contributed by atoms with E-state index in [-0.39, 0.29) is 11.8 Å². The van der Waals surface area contributed by atoms with E-state index in [1.807, 2.05) is 32.0 Å². The minimum absolute atomic E-state index is 0.207. The molecule has 0 saturated heterocycles. The summed E-state index contributed by atoms with van der Waals surface area (Å²) in [6.45, 7) is 4.04. The molecule has 0 unspecified atom stereocenters. The van der Waals surface area contributed by atoms with Crippen molar-refractivity contribution in [3.63, 3.8) is 0 Å². The molecule has 1 amide bonds. The molecular formula is C14H17N3O2. The number of hydrazine groups is 1. The van der Waals surface area contributed by atoms with Gasteiger partial charge in [-0.3, -0.25) is 10.2 Å². The minimum Gasteiger partial charge on any atom is -0.494 e. The lowest BCUT2D eigenvalue weighted by molar-refractivity contribution is 0.0955. The van der Waals surface area contributed by atoms with Gasteiger partial charge in [-0.25, -0.2) is 10.8 Å². The van der Waals surface area contributed by atoms with Gasteiger partial charge in [-0.1, -0.05) is 26.0 Å². The number of hydrogen-bond acceptors (Lipinski definition) is 4. The molecule has 1 aromatic heterocycles. The lowest BCUT2D eigenvalue weighted by Crippen LogP contribution is -2.30. The Kier molecular flexibility index (Phi) is 3.66. The molecule has 0 saturated carbocycles. The average Bonchev–Trinajstić information content (AvgIpc) is 2.44. The number of nitrogens with zero attached hydrogens (tertiary/aromatic N) is 1. The van der Waals surface area contributed by atoms with Crippen molar-refractivity contribution in [3.8, 4) is 5.75 Å². The number of hydrogen-bond donors (Lipinski definition) is 2. The van der Waals surface area contributed by atoms with E-state index < -0.39 is 0 Å². The van der Waals surface area contributed by atoms with Gasteiger partial charge in [-0.05, 0) is 18.1 Å². The fraction of sp³-hybridized carbons (Fsp3) is 0.286. The number of carbonyl (C=O) groups excluding carboxylic acids is 1. The van der Waals surface area contributed by atoms with Gasteiger partial charge in [0.25, 0.3) is 5.91 Å². The predicted molar refractivity (Wildman–Crippen MR) is 74.0 cm³/mol. The lowest BCUT2D eigenvalue weighted by atomic mass is 10.0. The third-order valence-corrected chi connectivity index (χ3v) is 3.01. The second-order valence-electron chi connectivity index (χ2n) is 4.58.